The highest BCUT2D eigenvalue weighted by atomic mass is 32.1. The first-order valence-corrected chi connectivity index (χ1v) is 14.2. The molecule has 2 heterocycles. The molecule has 1 nitrogen and oxygen atoms in total. The zero-order chi connectivity index (χ0) is 26.1. The second-order valence-electron chi connectivity index (χ2n) is 10.4. The Labute approximate surface area is 231 Å². The summed E-state index contributed by atoms with van der Waals surface area (Å²) in [6, 6.07) is 41.9. The number of hydrogen-bond donors (Lipinski definition) is 0. The van der Waals surface area contributed by atoms with Crippen molar-refractivity contribution < 1.29 is 0 Å². The molecule has 0 fully saturated rings. The molecule has 0 bridgehead atoms. The molecule has 8 aromatic rings. The van der Waals surface area contributed by atoms with Gasteiger partial charge in [0, 0.05) is 36.5 Å². The number of thiophene rings is 1. The maximum absolute atomic E-state index is 5.31. The Bertz CT molecular complexity index is 2220. The molecule has 0 radical (unpaired) electrons. The molecule has 8 rings (SSSR count). The van der Waals surface area contributed by atoms with Gasteiger partial charge in [0.1, 0.15) is 0 Å². The van der Waals surface area contributed by atoms with Gasteiger partial charge in [-0.15, -0.1) is 11.3 Å². The number of fused-ring (bicyclic) bond motifs is 9. The van der Waals surface area contributed by atoms with E-state index in [2.05, 4.69) is 129 Å². The zero-order valence-corrected chi connectivity index (χ0v) is 22.6. The third-order valence-electron chi connectivity index (χ3n) is 8.13. The normalized spacial score (nSPS) is 11.8. The van der Waals surface area contributed by atoms with Crippen molar-refractivity contribution in [3.05, 3.63) is 126 Å². The Hall–Kier alpha value is -4.53. The van der Waals surface area contributed by atoms with Crippen LogP contribution in [0.2, 0.25) is 0 Å². The summed E-state index contributed by atoms with van der Waals surface area (Å²) in [7, 11) is 0. The Kier molecular flexibility index (Phi) is 4.89. The van der Waals surface area contributed by atoms with E-state index in [-0.39, 0.29) is 0 Å². The van der Waals surface area contributed by atoms with Crippen LogP contribution in [0.3, 0.4) is 0 Å². The van der Waals surface area contributed by atoms with Crippen LogP contribution in [0.15, 0.2) is 115 Å². The molecule has 0 spiro atoms. The molecule has 184 valence electrons. The summed E-state index contributed by atoms with van der Waals surface area (Å²) in [5.74, 6) is 0. The molecule has 0 aliphatic heterocycles. The number of aryl methyl sites for hydroxylation is 2. The summed E-state index contributed by atoms with van der Waals surface area (Å²) in [5, 5.41) is 8.87. The van der Waals surface area contributed by atoms with Crippen LogP contribution in [0.5, 0.6) is 0 Å². The van der Waals surface area contributed by atoms with Crippen molar-refractivity contribution in [2.24, 2.45) is 0 Å². The van der Waals surface area contributed by atoms with Crippen molar-refractivity contribution >= 4 is 64.0 Å². The topological polar surface area (TPSA) is 12.9 Å². The fourth-order valence-corrected chi connectivity index (χ4v) is 7.48. The lowest BCUT2D eigenvalue weighted by Gasteiger charge is -2.15. The molecule has 2 heteroatoms. The first kappa shape index (κ1) is 22.5. The summed E-state index contributed by atoms with van der Waals surface area (Å²) in [6.45, 7) is 4.45. The SMILES string of the molecule is Cc1cc(-c2cccc3c2sc2ccccc23)c(C)cc1-c1ccc2c3ccccc3c3ccccc3c2n1. The van der Waals surface area contributed by atoms with Gasteiger partial charge < -0.3 is 0 Å². The van der Waals surface area contributed by atoms with Gasteiger partial charge in [-0.2, -0.15) is 0 Å². The highest BCUT2D eigenvalue weighted by Crippen LogP contribution is 2.42. The summed E-state index contributed by atoms with van der Waals surface area (Å²) >= 11 is 1.89. The Morgan fingerprint density at radius 1 is 0.462 bits per heavy atom. The second-order valence-corrected chi connectivity index (χ2v) is 11.5. The number of nitrogens with zero attached hydrogens (tertiary/aromatic N) is 1. The number of aromatic nitrogens is 1. The lowest BCUT2D eigenvalue weighted by Crippen LogP contribution is -1.94. The highest BCUT2D eigenvalue weighted by molar-refractivity contribution is 7.26. The molecule has 0 atom stereocenters. The van der Waals surface area contributed by atoms with E-state index >= 15 is 0 Å². The minimum atomic E-state index is 1.02. The molecule has 0 aliphatic rings. The largest absolute Gasteiger partial charge is 0.247 e. The number of pyridine rings is 1. The lowest BCUT2D eigenvalue weighted by molar-refractivity contribution is 1.34. The second kappa shape index (κ2) is 8.49. The molecule has 0 aliphatic carbocycles. The lowest BCUT2D eigenvalue weighted by atomic mass is 9.92. The minimum absolute atomic E-state index is 1.02. The van der Waals surface area contributed by atoms with E-state index < -0.39 is 0 Å². The van der Waals surface area contributed by atoms with E-state index in [0.29, 0.717) is 0 Å². The summed E-state index contributed by atoms with van der Waals surface area (Å²) in [6.07, 6.45) is 0. The van der Waals surface area contributed by atoms with Crippen LogP contribution in [0.25, 0.3) is 75.0 Å². The quantitative estimate of drug-likeness (QED) is 0.209. The van der Waals surface area contributed by atoms with Gasteiger partial charge in [0.05, 0.1) is 11.2 Å². The molecular formula is C37H25NS. The Morgan fingerprint density at radius 2 is 1.03 bits per heavy atom. The van der Waals surface area contributed by atoms with Gasteiger partial charge in [-0.25, -0.2) is 4.98 Å². The van der Waals surface area contributed by atoms with Crippen LogP contribution in [0, 0.1) is 13.8 Å². The first-order valence-electron chi connectivity index (χ1n) is 13.4. The van der Waals surface area contributed by atoms with Crippen LogP contribution in [0.4, 0.5) is 0 Å². The first-order chi connectivity index (χ1) is 19.2. The molecular weight excluding hydrogens is 490 g/mol. The van der Waals surface area contributed by atoms with Crippen LogP contribution in [-0.4, -0.2) is 4.98 Å². The number of hydrogen-bond acceptors (Lipinski definition) is 2. The van der Waals surface area contributed by atoms with E-state index in [1.165, 1.54) is 74.9 Å². The molecule has 39 heavy (non-hydrogen) atoms. The van der Waals surface area contributed by atoms with Gasteiger partial charge in [-0.05, 0) is 76.5 Å². The standard InChI is InChI=1S/C37H25NS/c1-22-21-33(23(2)20-32(22)31-16-9-15-30-27-13-7-8-17-35(27)39-37(30)31)34-19-18-29-26-12-4-3-10-24(26)25-11-5-6-14-28(25)36(29)38-34/h3-21H,1-2H3. The monoisotopic (exact) mass is 515 g/mol. The van der Waals surface area contributed by atoms with Crippen molar-refractivity contribution in [2.45, 2.75) is 13.8 Å². The number of rotatable bonds is 2. The molecule has 0 saturated heterocycles. The highest BCUT2D eigenvalue weighted by Gasteiger charge is 2.16. The van der Waals surface area contributed by atoms with E-state index in [1.807, 2.05) is 11.3 Å². The van der Waals surface area contributed by atoms with E-state index in [9.17, 15) is 0 Å². The van der Waals surface area contributed by atoms with Crippen LogP contribution in [-0.2, 0) is 0 Å². The van der Waals surface area contributed by atoms with Crippen LogP contribution >= 0.6 is 11.3 Å². The van der Waals surface area contributed by atoms with Crippen molar-refractivity contribution in [3.63, 3.8) is 0 Å². The predicted molar refractivity (Wildman–Crippen MR) is 170 cm³/mol. The molecule has 6 aromatic carbocycles. The van der Waals surface area contributed by atoms with Gasteiger partial charge in [0.25, 0.3) is 0 Å². The Balaban J connectivity index is 1.33. The third-order valence-corrected chi connectivity index (χ3v) is 9.35. The van der Waals surface area contributed by atoms with Crippen LogP contribution < -0.4 is 0 Å². The molecule has 0 unspecified atom stereocenters. The molecule has 0 saturated carbocycles. The minimum Gasteiger partial charge on any atom is -0.247 e. The third kappa shape index (κ3) is 3.35. The van der Waals surface area contributed by atoms with E-state index in [4.69, 9.17) is 4.98 Å². The van der Waals surface area contributed by atoms with E-state index in [0.717, 1.165) is 11.2 Å². The van der Waals surface area contributed by atoms with Crippen molar-refractivity contribution in [1.82, 2.24) is 4.98 Å². The summed E-state index contributed by atoms with van der Waals surface area (Å²) in [5.41, 5.74) is 8.40. The van der Waals surface area contributed by atoms with Crippen molar-refractivity contribution in [1.29, 1.82) is 0 Å². The summed E-state index contributed by atoms with van der Waals surface area (Å²) < 4.78 is 2.70. The maximum atomic E-state index is 5.31. The molecule has 0 amide bonds. The van der Waals surface area contributed by atoms with Crippen molar-refractivity contribution in [3.8, 4) is 22.4 Å². The molecule has 0 N–H and O–H groups in total. The van der Waals surface area contributed by atoms with Gasteiger partial charge in [0.15, 0.2) is 0 Å². The van der Waals surface area contributed by atoms with Gasteiger partial charge >= 0.3 is 0 Å². The predicted octanol–water partition coefficient (Wildman–Crippen LogP) is 10.9. The Morgan fingerprint density at radius 3 is 1.79 bits per heavy atom. The van der Waals surface area contributed by atoms with Gasteiger partial charge in [-0.3, -0.25) is 0 Å². The number of benzene rings is 6. The maximum Gasteiger partial charge on any atom is 0.0794 e. The summed E-state index contributed by atoms with van der Waals surface area (Å²) in [4.78, 5) is 5.31. The van der Waals surface area contributed by atoms with E-state index in [1.54, 1.807) is 0 Å². The van der Waals surface area contributed by atoms with Gasteiger partial charge in [0.2, 0.25) is 0 Å². The average molecular weight is 516 g/mol. The van der Waals surface area contributed by atoms with Crippen molar-refractivity contribution in [2.75, 3.05) is 0 Å². The van der Waals surface area contributed by atoms with Crippen LogP contribution in [0.1, 0.15) is 11.1 Å². The van der Waals surface area contributed by atoms with Gasteiger partial charge in [-0.1, -0.05) is 91.0 Å². The smallest absolute Gasteiger partial charge is 0.0794 e. The fourth-order valence-electron chi connectivity index (χ4n) is 6.25. The molecule has 2 aromatic heterocycles. The fraction of sp³-hybridized carbons (Fsp3) is 0.0541. The zero-order valence-electron chi connectivity index (χ0n) is 21.8. The average Bonchev–Trinajstić information content (AvgIpc) is 3.37.